The molecule has 2 N–H and O–H groups in total. The smallest absolute Gasteiger partial charge is 0.358 e. The van der Waals surface area contributed by atoms with E-state index in [0.717, 1.165) is 82.3 Å². The van der Waals surface area contributed by atoms with Crippen LogP contribution in [0.25, 0.3) is 21.3 Å². The van der Waals surface area contributed by atoms with E-state index < -0.39 is 66.0 Å². The second-order valence-electron chi connectivity index (χ2n) is 27.1. The average molecular weight is 1240 g/mol. The molecule has 3 unspecified atom stereocenters. The van der Waals surface area contributed by atoms with Crippen molar-refractivity contribution in [3.63, 3.8) is 0 Å². The Balaban J connectivity index is 0.749. The van der Waals surface area contributed by atoms with E-state index >= 15 is 0 Å². The van der Waals surface area contributed by atoms with Crippen molar-refractivity contribution in [3.05, 3.63) is 124 Å². The number of hydrogen-bond acceptors (Lipinski definition) is 19. The van der Waals surface area contributed by atoms with Gasteiger partial charge in [0.25, 0.3) is 5.91 Å². The van der Waals surface area contributed by atoms with Crippen molar-refractivity contribution in [2.45, 2.75) is 182 Å². The van der Waals surface area contributed by atoms with E-state index in [2.05, 4.69) is 52.0 Å². The summed E-state index contributed by atoms with van der Waals surface area (Å²) in [6, 6.07) is 25.5. The molecule has 472 valence electrons. The summed E-state index contributed by atoms with van der Waals surface area (Å²) < 4.78 is 44.8. The molecule has 0 radical (unpaired) electrons. The van der Waals surface area contributed by atoms with Gasteiger partial charge in [-0.05, 0) is 141 Å². The number of anilines is 2. The van der Waals surface area contributed by atoms with Crippen LogP contribution >= 0.6 is 11.3 Å². The van der Waals surface area contributed by atoms with Crippen molar-refractivity contribution >= 4 is 68.3 Å². The van der Waals surface area contributed by atoms with Gasteiger partial charge < -0.3 is 43.4 Å². The maximum Gasteiger partial charge on any atom is 0.358 e. The topological polar surface area (TPSA) is 238 Å². The molecule has 3 aromatic heterocycles. The van der Waals surface area contributed by atoms with Gasteiger partial charge in [-0.2, -0.15) is 5.10 Å². The molecule has 1 amide bonds. The predicted molar refractivity (Wildman–Crippen MR) is 333 cm³/mol. The van der Waals surface area contributed by atoms with E-state index in [9.17, 15) is 28.8 Å². The summed E-state index contributed by atoms with van der Waals surface area (Å²) in [5.41, 5.74) is 6.97. The highest BCUT2D eigenvalue weighted by atomic mass is 32.1. The summed E-state index contributed by atoms with van der Waals surface area (Å²) >= 11 is 1.44. The van der Waals surface area contributed by atoms with Crippen molar-refractivity contribution < 1.29 is 61.9 Å². The van der Waals surface area contributed by atoms with Gasteiger partial charge in [-0.1, -0.05) is 73.7 Å². The van der Waals surface area contributed by atoms with Gasteiger partial charge in [0.1, 0.15) is 30.2 Å². The third-order valence-electron chi connectivity index (χ3n) is 17.9. The van der Waals surface area contributed by atoms with Gasteiger partial charge >= 0.3 is 29.8 Å². The monoisotopic (exact) mass is 1240 g/mol. The second kappa shape index (κ2) is 25.0. The Labute approximate surface area is 523 Å². The molecule has 1 saturated heterocycles. The van der Waals surface area contributed by atoms with Crippen LogP contribution in [-0.2, 0) is 84.8 Å². The third-order valence-corrected chi connectivity index (χ3v) is 18.9. The van der Waals surface area contributed by atoms with E-state index in [-0.39, 0.29) is 46.5 Å². The Bertz CT molecular complexity index is 3630. The molecule has 4 saturated carbocycles. The van der Waals surface area contributed by atoms with Crippen LogP contribution in [0.4, 0.5) is 10.9 Å². The fourth-order valence-corrected chi connectivity index (χ4v) is 16.7. The van der Waals surface area contributed by atoms with E-state index in [0.29, 0.717) is 67.8 Å². The Kier molecular flexibility index (Phi) is 17.7. The van der Waals surface area contributed by atoms with Crippen LogP contribution in [0.2, 0.25) is 0 Å². The number of hydrogen-bond donors (Lipinski definition) is 2. The fourth-order valence-electron chi connectivity index (χ4n) is 15.8. The van der Waals surface area contributed by atoms with Gasteiger partial charge in [0.15, 0.2) is 29.1 Å². The third kappa shape index (κ3) is 14.2. The lowest BCUT2D eigenvalue weighted by Gasteiger charge is -2.69. The molecule has 6 aliphatic rings. The van der Waals surface area contributed by atoms with Gasteiger partial charge in [-0.3, -0.25) is 34.0 Å². The van der Waals surface area contributed by atoms with Gasteiger partial charge in [-0.15, -0.1) is 0 Å². The predicted octanol–water partition coefficient (Wildman–Crippen LogP) is 10.2. The van der Waals surface area contributed by atoms with Crippen LogP contribution in [0.5, 0.6) is 0 Å². The van der Waals surface area contributed by atoms with Gasteiger partial charge in [0, 0.05) is 89.2 Å². The zero-order valence-electron chi connectivity index (χ0n) is 52.5. The molecule has 12 rings (SSSR count). The van der Waals surface area contributed by atoms with Gasteiger partial charge in [0.05, 0.1) is 28.6 Å². The van der Waals surface area contributed by atoms with E-state index in [4.69, 9.17) is 43.2 Å². The zero-order valence-corrected chi connectivity index (χ0v) is 53.3. The number of aromatic nitrogens is 4. The highest BCUT2D eigenvalue weighted by molar-refractivity contribution is 7.22. The molecule has 4 aliphatic carbocycles. The van der Waals surface area contributed by atoms with E-state index in [1.807, 2.05) is 99.8 Å². The quantitative estimate of drug-likeness (QED) is 0.0410. The summed E-state index contributed by atoms with van der Waals surface area (Å²) in [6.45, 7) is 20.6. The number of nitrogens with zero attached hydrogens (tertiary/aromatic N) is 5. The van der Waals surface area contributed by atoms with Crippen LogP contribution in [0.1, 0.15) is 150 Å². The van der Waals surface area contributed by atoms with Gasteiger partial charge in [-0.25, -0.2) is 14.8 Å². The number of esters is 5. The lowest BCUT2D eigenvalue weighted by atomic mass is 9.39. The largest absolute Gasteiger partial charge is 0.463 e. The van der Waals surface area contributed by atoms with Crippen LogP contribution in [0.15, 0.2) is 85.1 Å². The Morgan fingerprint density at radius 3 is 2.11 bits per heavy atom. The molecule has 0 spiro atoms. The molecule has 2 aliphatic heterocycles. The second-order valence-corrected chi connectivity index (χ2v) is 28.1. The highest BCUT2D eigenvalue weighted by Crippen LogP contribution is 2.72. The molecule has 4 bridgehead atoms. The number of rotatable bonds is 20. The molecule has 89 heavy (non-hydrogen) atoms. The van der Waals surface area contributed by atoms with Crippen molar-refractivity contribution in [1.29, 1.82) is 0 Å². The van der Waals surface area contributed by atoms with Crippen molar-refractivity contribution in [2.75, 3.05) is 36.5 Å². The molecule has 21 heteroatoms. The number of para-hydroxylation sites is 1. The van der Waals surface area contributed by atoms with E-state index in [1.54, 1.807) is 0 Å². The molecule has 3 aromatic carbocycles. The summed E-state index contributed by atoms with van der Waals surface area (Å²) in [6.07, 6.45) is 3.56. The zero-order chi connectivity index (χ0) is 63.2. The minimum Gasteiger partial charge on any atom is -0.463 e. The first-order valence-corrected chi connectivity index (χ1v) is 31.6. The first kappa shape index (κ1) is 63.0. The molecule has 7 atom stereocenters. The average Bonchev–Trinajstić information content (AvgIpc) is 1.01. The number of thiazole rings is 1. The normalized spacial score (nSPS) is 26.1. The summed E-state index contributed by atoms with van der Waals surface area (Å²) in [5, 5.41) is 12.3. The molecular formula is C68H81N7O13S. The first-order valence-electron chi connectivity index (χ1n) is 30.8. The van der Waals surface area contributed by atoms with Crippen LogP contribution in [0, 0.1) is 23.2 Å². The number of benzene rings is 3. The Morgan fingerprint density at radius 1 is 0.742 bits per heavy atom. The van der Waals surface area contributed by atoms with Crippen LogP contribution in [0.3, 0.4) is 0 Å². The van der Waals surface area contributed by atoms with E-state index in [1.165, 1.54) is 39.0 Å². The molecule has 5 heterocycles. The van der Waals surface area contributed by atoms with Gasteiger partial charge in [0.2, 0.25) is 0 Å². The molecular weight excluding hydrogens is 1150 g/mol. The fraction of sp³-hybridized carbons (Fsp3) is 0.515. The standard InChI is InChI=1S/C68H81N7O13S/c1-40-50(48-22-23-56(72-57(48)62(81)88-64(6,7)8)74-26-24-47-14-13-15-49(51(47)31-74)61(80)73-63-71-52-16-11-12-17-55(52)89-63)30-70-75(40)39-67-34-65(9)33-66(10,35-67)37-68(36-65,38-67)83-27-25-69-29-46-20-18-45(19-21-46)28-53-58(84-42(3)77)60(86-44(5)79)59(85-43(4)78)54(87-53)32-82-41(2)76/h11-23,30,53-54,58-60,69H,24-29,31-39H2,1-10H3,(H,71,73,80)/t53?,54-,58+,59-,60-,65?,66?,67?,68?/m1/s1. The summed E-state index contributed by atoms with van der Waals surface area (Å²) in [7, 11) is 0. The van der Waals surface area contributed by atoms with Crippen LogP contribution in [-0.4, -0.2) is 124 Å². The maximum absolute atomic E-state index is 14.3. The number of fused-ring (bicyclic) bond motifs is 2. The van der Waals surface area contributed by atoms with Crippen molar-refractivity contribution in [2.24, 2.45) is 16.2 Å². The lowest BCUT2D eigenvalue weighted by molar-refractivity contribution is -0.252. The molecule has 5 fully saturated rings. The lowest BCUT2D eigenvalue weighted by Crippen LogP contribution is -2.64. The number of carbonyl (C=O) groups is 6. The molecule has 20 nitrogen and oxygen atoms in total. The maximum atomic E-state index is 14.3. The number of amides is 1. The SMILES string of the molecule is CC(=O)OC[C@H]1OC(Cc2ccc(CNCCOC34CC5(C)CC(C)(CC(Cn6ncc(-c7ccc(N8CCc9cccc(C(=O)Nc%10nc%11ccccc%11s%10)c9C8)nc7C(=O)OC(C)(C)C)c6C)(C5)C3)C4)cc2)[C@H](OC(C)=O)[C@@H](OC(C)=O)[C@@H]1OC(C)=O. The minimum atomic E-state index is -1.23. The number of pyridine rings is 1. The Hall–Kier alpha value is -7.59. The first-order chi connectivity index (χ1) is 42.2. The summed E-state index contributed by atoms with van der Waals surface area (Å²) in [4.78, 5) is 89.0. The van der Waals surface area contributed by atoms with Crippen molar-refractivity contribution in [3.8, 4) is 11.1 Å². The van der Waals surface area contributed by atoms with Crippen LogP contribution < -0.4 is 15.5 Å². The Morgan fingerprint density at radius 2 is 1.43 bits per heavy atom. The highest BCUT2D eigenvalue weighted by Gasteiger charge is 2.66. The van der Waals surface area contributed by atoms with Crippen molar-refractivity contribution in [1.82, 2.24) is 25.1 Å². The number of nitrogens with one attached hydrogen (secondary N) is 2. The summed E-state index contributed by atoms with van der Waals surface area (Å²) in [5.74, 6) is -2.72. The minimum absolute atomic E-state index is 0.0677. The number of carbonyl (C=O) groups excluding carboxylic acids is 6. The number of ether oxygens (including phenoxy) is 7. The molecule has 6 aromatic rings.